The summed E-state index contributed by atoms with van der Waals surface area (Å²) in [5.41, 5.74) is 5.92. The van der Waals surface area contributed by atoms with Gasteiger partial charge >= 0.3 is 0 Å². The second-order valence-corrected chi connectivity index (χ2v) is 5.44. The zero-order chi connectivity index (χ0) is 13.2. The van der Waals surface area contributed by atoms with Crippen LogP contribution in [-0.4, -0.2) is 43.8 Å². The fraction of sp³-hybridized carbons (Fsp3) is 1.00. The van der Waals surface area contributed by atoms with E-state index in [4.69, 9.17) is 10.5 Å². The van der Waals surface area contributed by atoms with Gasteiger partial charge in [0.15, 0.2) is 0 Å². The van der Waals surface area contributed by atoms with E-state index in [1.807, 2.05) is 0 Å². The summed E-state index contributed by atoms with van der Waals surface area (Å²) in [6, 6.07) is 0.698. The number of rotatable bonds is 9. The van der Waals surface area contributed by atoms with Crippen LogP contribution in [0.2, 0.25) is 0 Å². The van der Waals surface area contributed by atoms with Crippen molar-refractivity contribution < 1.29 is 4.74 Å². The van der Waals surface area contributed by atoms with Crippen LogP contribution in [0.1, 0.15) is 52.4 Å². The van der Waals surface area contributed by atoms with Gasteiger partial charge in [0.2, 0.25) is 0 Å². The van der Waals surface area contributed by atoms with E-state index in [0.29, 0.717) is 12.0 Å². The van der Waals surface area contributed by atoms with Gasteiger partial charge in [0.25, 0.3) is 0 Å². The van der Waals surface area contributed by atoms with Gasteiger partial charge in [-0.1, -0.05) is 33.1 Å². The van der Waals surface area contributed by atoms with Crippen molar-refractivity contribution in [2.45, 2.75) is 58.4 Å². The third-order valence-electron chi connectivity index (χ3n) is 4.21. The van der Waals surface area contributed by atoms with Crippen LogP contribution >= 0.6 is 0 Å². The Balaban J connectivity index is 2.29. The molecule has 0 aromatic carbocycles. The summed E-state index contributed by atoms with van der Waals surface area (Å²) < 4.78 is 5.69. The molecule has 0 aromatic heterocycles. The van der Waals surface area contributed by atoms with Gasteiger partial charge in [0.05, 0.1) is 6.61 Å². The second-order valence-electron chi connectivity index (χ2n) is 5.44. The van der Waals surface area contributed by atoms with Crippen LogP contribution in [-0.2, 0) is 4.74 Å². The summed E-state index contributed by atoms with van der Waals surface area (Å²) in [6.07, 6.45) is 7.77. The van der Waals surface area contributed by atoms with Gasteiger partial charge in [0.1, 0.15) is 0 Å². The summed E-state index contributed by atoms with van der Waals surface area (Å²) in [7, 11) is 0. The monoisotopic (exact) mass is 256 g/mol. The molecule has 0 heterocycles. The van der Waals surface area contributed by atoms with Gasteiger partial charge in [0, 0.05) is 19.2 Å². The maximum Gasteiger partial charge on any atom is 0.0593 e. The molecule has 0 saturated heterocycles. The van der Waals surface area contributed by atoms with E-state index >= 15 is 0 Å². The largest absolute Gasteiger partial charge is 0.380 e. The van der Waals surface area contributed by atoms with Crippen molar-refractivity contribution in [2.24, 2.45) is 11.7 Å². The predicted molar refractivity (Wildman–Crippen MR) is 77.8 cm³/mol. The van der Waals surface area contributed by atoms with Crippen molar-refractivity contribution in [3.63, 3.8) is 0 Å². The first-order valence-corrected chi connectivity index (χ1v) is 7.85. The SMILES string of the molecule is CCCCOCCN(CC)C1CCCCC1CN. The highest BCUT2D eigenvalue weighted by Gasteiger charge is 2.28. The highest BCUT2D eigenvalue weighted by molar-refractivity contribution is 4.83. The first-order valence-electron chi connectivity index (χ1n) is 7.85. The van der Waals surface area contributed by atoms with Gasteiger partial charge in [-0.25, -0.2) is 0 Å². The minimum absolute atomic E-state index is 0.698. The van der Waals surface area contributed by atoms with Crippen molar-refractivity contribution in [2.75, 3.05) is 32.8 Å². The number of hydrogen-bond acceptors (Lipinski definition) is 3. The zero-order valence-corrected chi connectivity index (χ0v) is 12.4. The molecule has 0 amide bonds. The molecular weight excluding hydrogens is 224 g/mol. The molecule has 1 fully saturated rings. The molecule has 2 atom stereocenters. The summed E-state index contributed by atoms with van der Waals surface area (Å²) in [5.74, 6) is 0.703. The maximum atomic E-state index is 5.92. The number of hydrogen-bond donors (Lipinski definition) is 1. The van der Waals surface area contributed by atoms with Crippen molar-refractivity contribution in [3.8, 4) is 0 Å². The van der Waals surface area contributed by atoms with E-state index in [2.05, 4.69) is 18.7 Å². The van der Waals surface area contributed by atoms with Crippen LogP contribution in [0.3, 0.4) is 0 Å². The molecule has 3 nitrogen and oxygen atoms in total. The van der Waals surface area contributed by atoms with E-state index in [1.54, 1.807) is 0 Å². The smallest absolute Gasteiger partial charge is 0.0593 e. The van der Waals surface area contributed by atoms with Crippen LogP contribution in [0.4, 0.5) is 0 Å². The molecular formula is C15H32N2O. The lowest BCUT2D eigenvalue weighted by molar-refractivity contribution is 0.0589. The third kappa shape index (κ3) is 5.25. The number of ether oxygens (including phenoxy) is 1. The number of likely N-dealkylation sites (N-methyl/N-ethyl adjacent to an activating group) is 1. The Morgan fingerprint density at radius 1 is 1.17 bits per heavy atom. The van der Waals surface area contributed by atoms with E-state index in [0.717, 1.165) is 32.8 Å². The molecule has 1 saturated carbocycles. The van der Waals surface area contributed by atoms with Crippen LogP contribution in [0.5, 0.6) is 0 Å². The highest BCUT2D eigenvalue weighted by Crippen LogP contribution is 2.27. The lowest BCUT2D eigenvalue weighted by Gasteiger charge is -2.39. The molecule has 1 aliphatic rings. The average Bonchev–Trinajstić information content (AvgIpc) is 2.43. The molecule has 2 unspecified atom stereocenters. The van der Waals surface area contributed by atoms with Crippen molar-refractivity contribution >= 4 is 0 Å². The quantitative estimate of drug-likeness (QED) is 0.645. The Hall–Kier alpha value is -0.120. The lowest BCUT2D eigenvalue weighted by atomic mass is 9.83. The Morgan fingerprint density at radius 3 is 2.61 bits per heavy atom. The van der Waals surface area contributed by atoms with Crippen LogP contribution in [0.25, 0.3) is 0 Å². The summed E-state index contributed by atoms with van der Waals surface area (Å²) in [5, 5.41) is 0. The Kier molecular flexibility index (Phi) is 8.64. The maximum absolute atomic E-state index is 5.92. The average molecular weight is 256 g/mol. The summed E-state index contributed by atoms with van der Waals surface area (Å²) in [6.45, 7) is 9.29. The Morgan fingerprint density at radius 2 is 1.94 bits per heavy atom. The van der Waals surface area contributed by atoms with Crippen LogP contribution < -0.4 is 5.73 Å². The molecule has 1 aliphatic carbocycles. The zero-order valence-electron chi connectivity index (χ0n) is 12.4. The first kappa shape index (κ1) is 15.9. The Labute approximate surface area is 113 Å². The summed E-state index contributed by atoms with van der Waals surface area (Å²) >= 11 is 0. The normalized spacial score (nSPS) is 24.7. The third-order valence-corrected chi connectivity index (χ3v) is 4.21. The molecule has 0 spiro atoms. The van der Waals surface area contributed by atoms with Gasteiger partial charge in [-0.05, 0) is 38.3 Å². The number of nitrogens with zero attached hydrogens (tertiary/aromatic N) is 1. The molecule has 108 valence electrons. The molecule has 0 radical (unpaired) electrons. The van der Waals surface area contributed by atoms with Crippen LogP contribution in [0, 0.1) is 5.92 Å². The lowest BCUT2D eigenvalue weighted by Crippen LogP contribution is -2.46. The molecule has 0 aromatic rings. The van der Waals surface area contributed by atoms with Gasteiger partial charge < -0.3 is 10.5 Å². The van der Waals surface area contributed by atoms with Crippen molar-refractivity contribution in [3.05, 3.63) is 0 Å². The number of unbranched alkanes of at least 4 members (excludes halogenated alkanes) is 1. The van der Waals surface area contributed by atoms with Gasteiger partial charge in [-0.3, -0.25) is 4.90 Å². The number of nitrogens with two attached hydrogens (primary N) is 1. The minimum atomic E-state index is 0.698. The molecule has 18 heavy (non-hydrogen) atoms. The van der Waals surface area contributed by atoms with E-state index in [-0.39, 0.29) is 0 Å². The molecule has 3 heteroatoms. The van der Waals surface area contributed by atoms with Crippen molar-refractivity contribution in [1.82, 2.24) is 4.90 Å². The summed E-state index contributed by atoms with van der Waals surface area (Å²) in [4.78, 5) is 2.59. The topological polar surface area (TPSA) is 38.5 Å². The Bertz CT molecular complexity index is 199. The minimum Gasteiger partial charge on any atom is -0.380 e. The molecule has 0 aliphatic heterocycles. The molecule has 0 bridgehead atoms. The van der Waals surface area contributed by atoms with Crippen LogP contribution in [0.15, 0.2) is 0 Å². The van der Waals surface area contributed by atoms with E-state index < -0.39 is 0 Å². The second kappa shape index (κ2) is 9.76. The van der Waals surface area contributed by atoms with Gasteiger partial charge in [-0.15, -0.1) is 0 Å². The van der Waals surface area contributed by atoms with Crippen molar-refractivity contribution in [1.29, 1.82) is 0 Å². The molecule has 1 rings (SSSR count). The highest BCUT2D eigenvalue weighted by atomic mass is 16.5. The standard InChI is InChI=1S/C15H32N2O/c1-3-5-11-18-12-10-17(4-2)15-9-7-6-8-14(15)13-16/h14-15H,3-13,16H2,1-2H3. The molecule has 2 N–H and O–H groups in total. The first-order chi connectivity index (χ1) is 8.83. The van der Waals surface area contributed by atoms with E-state index in [1.165, 1.54) is 38.5 Å². The fourth-order valence-corrected chi connectivity index (χ4v) is 3.03. The predicted octanol–water partition coefficient (Wildman–Crippen LogP) is 2.64. The van der Waals surface area contributed by atoms with Gasteiger partial charge in [-0.2, -0.15) is 0 Å². The van der Waals surface area contributed by atoms with E-state index in [9.17, 15) is 0 Å². The fourth-order valence-electron chi connectivity index (χ4n) is 3.03.